The summed E-state index contributed by atoms with van der Waals surface area (Å²) in [6.45, 7) is 0. The lowest BCUT2D eigenvalue weighted by molar-refractivity contribution is 0.268. The lowest BCUT2D eigenvalue weighted by Gasteiger charge is -2.19. The van der Waals surface area contributed by atoms with Gasteiger partial charge in [-0.25, -0.2) is 4.39 Å². The SMILES string of the molecule is FC1(CCCCCBr)C=CCC=C1. The second kappa shape index (κ2) is 5.58. The van der Waals surface area contributed by atoms with Crippen LogP contribution in [0, 0.1) is 0 Å². The molecule has 13 heavy (non-hydrogen) atoms. The van der Waals surface area contributed by atoms with Crippen molar-refractivity contribution in [3.05, 3.63) is 24.3 Å². The van der Waals surface area contributed by atoms with E-state index in [0.717, 1.165) is 31.0 Å². The molecule has 0 fully saturated rings. The second-order valence-electron chi connectivity index (χ2n) is 3.47. The molecular weight excluding hydrogens is 231 g/mol. The van der Waals surface area contributed by atoms with Gasteiger partial charge in [-0.2, -0.15) is 0 Å². The minimum absolute atomic E-state index is 0.632. The van der Waals surface area contributed by atoms with E-state index in [1.807, 2.05) is 12.2 Å². The highest BCUT2D eigenvalue weighted by Crippen LogP contribution is 2.26. The maximum Gasteiger partial charge on any atom is 0.147 e. The smallest absolute Gasteiger partial charge is 0.147 e. The Kier molecular flexibility index (Phi) is 4.71. The van der Waals surface area contributed by atoms with Gasteiger partial charge in [-0.15, -0.1) is 0 Å². The van der Waals surface area contributed by atoms with Crippen LogP contribution in [0.5, 0.6) is 0 Å². The van der Waals surface area contributed by atoms with Crippen molar-refractivity contribution in [1.82, 2.24) is 0 Å². The molecule has 1 aliphatic rings. The Morgan fingerprint density at radius 1 is 1.15 bits per heavy atom. The first-order valence-corrected chi connectivity index (χ1v) is 5.99. The Hall–Kier alpha value is -0.110. The molecule has 0 radical (unpaired) electrons. The molecule has 0 unspecified atom stereocenters. The Morgan fingerprint density at radius 2 is 1.85 bits per heavy atom. The summed E-state index contributed by atoms with van der Waals surface area (Å²) in [6, 6.07) is 0. The molecule has 0 amide bonds. The van der Waals surface area contributed by atoms with Gasteiger partial charge in [0.15, 0.2) is 0 Å². The highest BCUT2D eigenvalue weighted by Gasteiger charge is 2.22. The molecule has 1 rings (SSSR count). The molecule has 0 heterocycles. The van der Waals surface area contributed by atoms with Gasteiger partial charge in [-0.1, -0.05) is 34.5 Å². The first-order chi connectivity index (χ1) is 6.27. The van der Waals surface area contributed by atoms with Crippen molar-refractivity contribution in [2.24, 2.45) is 0 Å². The van der Waals surface area contributed by atoms with Crippen LogP contribution in [-0.4, -0.2) is 11.0 Å². The van der Waals surface area contributed by atoms with Crippen molar-refractivity contribution < 1.29 is 4.39 Å². The number of hydrogen-bond donors (Lipinski definition) is 0. The summed E-state index contributed by atoms with van der Waals surface area (Å²) in [7, 11) is 0. The van der Waals surface area contributed by atoms with Gasteiger partial charge in [0.2, 0.25) is 0 Å². The second-order valence-corrected chi connectivity index (χ2v) is 4.26. The minimum atomic E-state index is -1.15. The number of allylic oxidation sites excluding steroid dienone is 4. The predicted octanol–water partition coefficient (Wildman–Crippen LogP) is 4.17. The van der Waals surface area contributed by atoms with Gasteiger partial charge in [0, 0.05) is 5.33 Å². The van der Waals surface area contributed by atoms with E-state index in [1.165, 1.54) is 0 Å². The van der Waals surface area contributed by atoms with E-state index in [0.29, 0.717) is 6.42 Å². The Balaban J connectivity index is 2.22. The number of rotatable bonds is 5. The molecule has 1 aliphatic carbocycles. The van der Waals surface area contributed by atoms with Gasteiger partial charge in [0.05, 0.1) is 0 Å². The molecule has 0 atom stereocenters. The highest BCUT2D eigenvalue weighted by atomic mass is 79.9. The van der Waals surface area contributed by atoms with Crippen LogP contribution in [0.4, 0.5) is 4.39 Å². The van der Waals surface area contributed by atoms with E-state index >= 15 is 0 Å². The molecule has 0 saturated heterocycles. The van der Waals surface area contributed by atoms with Crippen molar-refractivity contribution in [3.63, 3.8) is 0 Å². The van der Waals surface area contributed by atoms with Crippen LogP contribution in [0.15, 0.2) is 24.3 Å². The molecule has 74 valence electrons. The molecule has 0 saturated carbocycles. The maximum absolute atomic E-state index is 13.8. The van der Waals surface area contributed by atoms with Gasteiger partial charge in [-0.3, -0.25) is 0 Å². The summed E-state index contributed by atoms with van der Waals surface area (Å²) in [5.41, 5.74) is -1.15. The Labute approximate surface area is 88.0 Å². The third-order valence-corrected chi connectivity index (χ3v) is 2.82. The van der Waals surface area contributed by atoms with Crippen LogP contribution in [0.25, 0.3) is 0 Å². The van der Waals surface area contributed by atoms with E-state index < -0.39 is 5.67 Å². The molecule has 0 nitrogen and oxygen atoms in total. The highest BCUT2D eigenvalue weighted by molar-refractivity contribution is 9.09. The van der Waals surface area contributed by atoms with E-state index in [2.05, 4.69) is 15.9 Å². The fraction of sp³-hybridized carbons (Fsp3) is 0.636. The quantitative estimate of drug-likeness (QED) is 0.388. The van der Waals surface area contributed by atoms with Gasteiger partial charge < -0.3 is 0 Å². The average molecular weight is 247 g/mol. The standard InChI is InChI=1S/C11H16BrF/c12-10-6-2-5-9-11(13)7-3-1-4-8-11/h3-4,7-8H,1-2,5-6,9-10H2. The zero-order valence-electron chi connectivity index (χ0n) is 7.81. The van der Waals surface area contributed by atoms with Crippen LogP contribution < -0.4 is 0 Å². The Bertz CT molecular complexity index is 184. The van der Waals surface area contributed by atoms with E-state index in [1.54, 1.807) is 12.2 Å². The maximum atomic E-state index is 13.8. The predicted molar refractivity (Wildman–Crippen MR) is 59.0 cm³/mol. The van der Waals surface area contributed by atoms with Crippen molar-refractivity contribution in [2.45, 2.75) is 37.8 Å². The largest absolute Gasteiger partial charge is 0.235 e. The van der Waals surface area contributed by atoms with Crippen molar-refractivity contribution in [3.8, 4) is 0 Å². The Morgan fingerprint density at radius 3 is 2.46 bits per heavy atom. The monoisotopic (exact) mass is 246 g/mol. The van der Waals surface area contributed by atoms with Crippen LogP contribution in [0.3, 0.4) is 0 Å². The summed E-state index contributed by atoms with van der Waals surface area (Å²) < 4.78 is 13.8. The lowest BCUT2D eigenvalue weighted by Crippen LogP contribution is -2.17. The van der Waals surface area contributed by atoms with Gasteiger partial charge in [0.1, 0.15) is 5.67 Å². The zero-order chi connectivity index (χ0) is 9.57. The summed E-state index contributed by atoms with van der Waals surface area (Å²) in [5, 5.41) is 1.03. The molecule has 0 aliphatic heterocycles. The van der Waals surface area contributed by atoms with Crippen molar-refractivity contribution in [1.29, 1.82) is 0 Å². The number of halogens is 2. The third kappa shape index (κ3) is 4.08. The van der Waals surface area contributed by atoms with E-state index in [9.17, 15) is 4.39 Å². The first kappa shape index (κ1) is 11.0. The molecule has 0 N–H and O–H groups in total. The van der Waals surface area contributed by atoms with Gasteiger partial charge in [0.25, 0.3) is 0 Å². The fourth-order valence-electron chi connectivity index (χ4n) is 1.50. The van der Waals surface area contributed by atoms with Crippen LogP contribution in [0.2, 0.25) is 0 Å². The first-order valence-electron chi connectivity index (χ1n) is 4.87. The molecule has 0 spiro atoms. The lowest BCUT2D eigenvalue weighted by atomic mass is 9.94. The zero-order valence-corrected chi connectivity index (χ0v) is 9.39. The normalized spacial score (nSPS) is 19.2. The van der Waals surface area contributed by atoms with Crippen molar-refractivity contribution >= 4 is 15.9 Å². The van der Waals surface area contributed by atoms with Crippen LogP contribution in [-0.2, 0) is 0 Å². The molecular formula is C11H16BrF. The number of hydrogen-bond acceptors (Lipinski definition) is 0. The molecule has 0 aromatic carbocycles. The minimum Gasteiger partial charge on any atom is -0.235 e. The van der Waals surface area contributed by atoms with Crippen LogP contribution >= 0.6 is 15.9 Å². The summed E-state index contributed by atoms with van der Waals surface area (Å²) >= 11 is 3.37. The number of unbranched alkanes of at least 4 members (excludes halogenated alkanes) is 2. The molecule has 2 heteroatoms. The topological polar surface area (TPSA) is 0 Å². The van der Waals surface area contributed by atoms with Gasteiger partial charge in [-0.05, 0) is 37.8 Å². The summed E-state index contributed by atoms with van der Waals surface area (Å²) in [4.78, 5) is 0. The third-order valence-electron chi connectivity index (χ3n) is 2.26. The average Bonchev–Trinajstić information content (AvgIpc) is 2.14. The van der Waals surface area contributed by atoms with Crippen LogP contribution in [0.1, 0.15) is 32.1 Å². The number of alkyl halides is 2. The molecule has 0 aromatic rings. The van der Waals surface area contributed by atoms with E-state index in [-0.39, 0.29) is 0 Å². The van der Waals surface area contributed by atoms with Crippen molar-refractivity contribution in [2.75, 3.05) is 5.33 Å². The van der Waals surface area contributed by atoms with Gasteiger partial charge >= 0.3 is 0 Å². The molecule has 0 aromatic heterocycles. The van der Waals surface area contributed by atoms with E-state index in [4.69, 9.17) is 0 Å². The molecule has 0 bridgehead atoms. The summed E-state index contributed by atoms with van der Waals surface area (Å²) in [5.74, 6) is 0. The summed E-state index contributed by atoms with van der Waals surface area (Å²) in [6.07, 6.45) is 11.9. The fourth-order valence-corrected chi connectivity index (χ4v) is 1.89.